The highest BCUT2D eigenvalue weighted by Gasteiger charge is 2.15. The number of nitrogens with one attached hydrogen (secondary N) is 1. The standard InChI is InChI=1S/C11H12N4O2/c1-6-5-7(12)3-4-8(6)11-14-9(15-17-11)10(16)13-2/h3-5H,12H2,1-2H3,(H,13,16). The molecule has 1 aromatic heterocycles. The molecule has 88 valence electrons. The summed E-state index contributed by atoms with van der Waals surface area (Å²) in [5.74, 6) is -0.0621. The maximum Gasteiger partial charge on any atom is 0.292 e. The van der Waals surface area contributed by atoms with E-state index in [1.54, 1.807) is 18.2 Å². The molecule has 2 rings (SSSR count). The zero-order chi connectivity index (χ0) is 12.4. The number of rotatable bonds is 2. The van der Waals surface area contributed by atoms with E-state index in [1.165, 1.54) is 7.05 Å². The Morgan fingerprint density at radius 3 is 2.88 bits per heavy atom. The molecule has 0 spiro atoms. The first kappa shape index (κ1) is 11.1. The Labute approximate surface area is 97.8 Å². The van der Waals surface area contributed by atoms with Gasteiger partial charge in [-0.3, -0.25) is 4.79 Å². The molecule has 1 heterocycles. The zero-order valence-electron chi connectivity index (χ0n) is 9.52. The molecule has 0 radical (unpaired) electrons. The normalized spacial score (nSPS) is 10.2. The van der Waals surface area contributed by atoms with Crippen LogP contribution < -0.4 is 11.1 Å². The molecule has 17 heavy (non-hydrogen) atoms. The average molecular weight is 232 g/mol. The van der Waals surface area contributed by atoms with E-state index < -0.39 is 0 Å². The molecule has 0 aliphatic rings. The van der Waals surface area contributed by atoms with Crippen molar-refractivity contribution >= 4 is 11.6 Å². The van der Waals surface area contributed by atoms with Gasteiger partial charge in [-0.05, 0) is 30.7 Å². The van der Waals surface area contributed by atoms with Crippen molar-refractivity contribution in [1.29, 1.82) is 0 Å². The van der Waals surface area contributed by atoms with Gasteiger partial charge in [-0.1, -0.05) is 5.16 Å². The second kappa shape index (κ2) is 4.25. The summed E-state index contributed by atoms with van der Waals surface area (Å²) in [5.41, 5.74) is 7.99. The molecule has 6 heteroatoms. The quantitative estimate of drug-likeness (QED) is 0.753. The molecule has 1 aromatic carbocycles. The maximum atomic E-state index is 11.3. The number of aryl methyl sites for hydroxylation is 1. The number of hydrogen-bond acceptors (Lipinski definition) is 5. The Hall–Kier alpha value is -2.37. The number of carbonyl (C=O) groups is 1. The smallest absolute Gasteiger partial charge is 0.292 e. The lowest BCUT2D eigenvalue weighted by Crippen LogP contribution is -2.19. The predicted octanol–water partition coefficient (Wildman–Crippen LogP) is 0.987. The van der Waals surface area contributed by atoms with Gasteiger partial charge in [0.15, 0.2) is 0 Å². The molecule has 3 N–H and O–H groups in total. The fourth-order valence-electron chi connectivity index (χ4n) is 1.46. The summed E-state index contributed by atoms with van der Waals surface area (Å²) in [7, 11) is 1.51. The zero-order valence-corrected chi connectivity index (χ0v) is 9.52. The van der Waals surface area contributed by atoms with Crippen LogP contribution in [0, 0.1) is 6.92 Å². The van der Waals surface area contributed by atoms with Gasteiger partial charge in [0.05, 0.1) is 0 Å². The van der Waals surface area contributed by atoms with E-state index in [1.807, 2.05) is 6.92 Å². The van der Waals surface area contributed by atoms with Crippen LogP contribution in [-0.2, 0) is 0 Å². The third-order valence-corrected chi connectivity index (χ3v) is 2.34. The minimum atomic E-state index is -0.381. The Balaban J connectivity index is 2.40. The van der Waals surface area contributed by atoms with Crippen molar-refractivity contribution in [2.24, 2.45) is 0 Å². The summed E-state index contributed by atoms with van der Waals surface area (Å²) in [5, 5.41) is 6.02. The molecule has 6 nitrogen and oxygen atoms in total. The number of nitrogen functional groups attached to an aromatic ring is 1. The van der Waals surface area contributed by atoms with Crippen LogP contribution in [0.1, 0.15) is 16.2 Å². The SMILES string of the molecule is CNC(=O)c1noc(-c2ccc(N)cc2C)n1. The van der Waals surface area contributed by atoms with Crippen molar-refractivity contribution in [3.8, 4) is 11.5 Å². The number of hydrogen-bond donors (Lipinski definition) is 2. The third kappa shape index (κ3) is 2.10. The lowest BCUT2D eigenvalue weighted by molar-refractivity contribution is 0.0950. The summed E-state index contributed by atoms with van der Waals surface area (Å²) in [6.07, 6.45) is 0. The first-order chi connectivity index (χ1) is 8.11. The van der Waals surface area contributed by atoms with E-state index in [0.717, 1.165) is 11.1 Å². The first-order valence-electron chi connectivity index (χ1n) is 5.04. The lowest BCUT2D eigenvalue weighted by atomic mass is 10.1. The van der Waals surface area contributed by atoms with Gasteiger partial charge in [0.1, 0.15) is 0 Å². The first-order valence-corrected chi connectivity index (χ1v) is 5.04. The van der Waals surface area contributed by atoms with Gasteiger partial charge in [0, 0.05) is 18.3 Å². The van der Waals surface area contributed by atoms with Gasteiger partial charge in [-0.25, -0.2) is 0 Å². The number of benzene rings is 1. The van der Waals surface area contributed by atoms with Crippen LogP contribution >= 0.6 is 0 Å². The number of nitrogens with zero attached hydrogens (tertiary/aromatic N) is 2. The molecule has 0 saturated heterocycles. The molecule has 1 amide bonds. The van der Waals surface area contributed by atoms with Crippen molar-refractivity contribution < 1.29 is 9.32 Å². The van der Waals surface area contributed by atoms with Crippen molar-refractivity contribution in [3.63, 3.8) is 0 Å². The number of amides is 1. The molecule has 0 unspecified atom stereocenters. The predicted molar refractivity (Wildman–Crippen MR) is 62.3 cm³/mol. The highest BCUT2D eigenvalue weighted by atomic mass is 16.5. The fraction of sp³-hybridized carbons (Fsp3) is 0.182. The summed E-state index contributed by atoms with van der Waals surface area (Å²) < 4.78 is 5.03. The molecule has 0 aliphatic carbocycles. The largest absolute Gasteiger partial charge is 0.399 e. The van der Waals surface area contributed by atoms with Crippen LogP contribution in [0.25, 0.3) is 11.5 Å². The van der Waals surface area contributed by atoms with Crippen LogP contribution in [0.4, 0.5) is 5.69 Å². The monoisotopic (exact) mass is 232 g/mol. The molecule has 0 aliphatic heterocycles. The molecule has 0 saturated carbocycles. The number of carbonyl (C=O) groups excluding carboxylic acids is 1. The van der Waals surface area contributed by atoms with Crippen LogP contribution in [-0.4, -0.2) is 23.1 Å². The lowest BCUT2D eigenvalue weighted by Gasteiger charge is -2.00. The van der Waals surface area contributed by atoms with Gasteiger partial charge in [-0.2, -0.15) is 4.98 Å². The molecule has 0 fully saturated rings. The van der Waals surface area contributed by atoms with E-state index >= 15 is 0 Å². The Morgan fingerprint density at radius 1 is 1.47 bits per heavy atom. The molecular formula is C11H12N4O2. The summed E-state index contributed by atoms with van der Waals surface area (Å²) in [6, 6.07) is 5.33. The van der Waals surface area contributed by atoms with Crippen molar-refractivity contribution in [1.82, 2.24) is 15.5 Å². The fourth-order valence-corrected chi connectivity index (χ4v) is 1.46. The van der Waals surface area contributed by atoms with E-state index in [0.29, 0.717) is 11.6 Å². The van der Waals surface area contributed by atoms with Crippen molar-refractivity contribution in [3.05, 3.63) is 29.6 Å². The Bertz CT molecular complexity index is 562. The second-order valence-corrected chi connectivity index (χ2v) is 3.58. The summed E-state index contributed by atoms with van der Waals surface area (Å²) >= 11 is 0. The van der Waals surface area contributed by atoms with Gasteiger partial charge < -0.3 is 15.6 Å². The second-order valence-electron chi connectivity index (χ2n) is 3.58. The number of nitrogens with two attached hydrogens (primary N) is 1. The van der Waals surface area contributed by atoms with Crippen LogP contribution in [0.5, 0.6) is 0 Å². The van der Waals surface area contributed by atoms with Crippen LogP contribution in [0.15, 0.2) is 22.7 Å². The summed E-state index contributed by atoms with van der Waals surface area (Å²) in [6.45, 7) is 1.88. The van der Waals surface area contributed by atoms with E-state index in [9.17, 15) is 4.79 Å². The minimum absolute atomic E-state index is 0.0127. The van der Waals surface area contributed by atoms with Gasteiger partial charge >= 0.3 is 0 Å². The minimum Gasteiger partial charge on any atom is -0.399 e. The van der Waals surface area contributed by atoms with E-state index in [2.05, 4.69) is 15.5 Å². The molecular weight excluding hydrogens is 220 g/mol. The van der Waals surface area contributed by atoms with Gasteiger partial charge in [0.2, 0.25) is 0 Å². The molecule has 2 aromatic rings. The Kier molecular flexibility index (Phi) is 2.78. The van der Waals surface area contributed by atoms with Crippen molar-refractivity contribution in [2.45, 2.75) is 6.92 Å². The van der Waals surface area contributed by atoms with Gasteiger partial charge in [0.25, 0.3) is 17.6 Å². The number of anilines is 1. The molecule has 0 atom stereocenters. The number of aromatic nitrogens is 2. The van der Waals surface area contributed by atoms with Crippen LogP contribution in [0.3, 0.4) is 0 Å². The van der Waals surface area contributed by atoms with E-state index in [-0.39, 0.29) is 11.7 Å². The maximum absolute atomic E-state index is 11.3. The van der Waals surface area contributed by atoms with E-state index in [4.69, 9.17) is 10.3 Å². The van der Waals surface area contributed by atoms with Crippen LogP contribution in [0.2, 0.25) is 0 Å². The highest BCUT2D eigenvalue weighted by Crippen LogP contribution is 2.23. The highest BCUT2D eigenvalue weighted by molar-refractivity contribution is 5.90. The van der Waals surface area contributed by atoms with Gasteiger partial charge in [-0.15, -0.1) is 0 Å². The Morgan fingerprint density at radius 2 is 2.24 bits per heavy atom. The average Bonchev–Trinajstić information content (AvgIpc) is 2.77. The summed E-state index contributed by atoms with van der Waals surface area (Å²) in [4.78, 5) is 15.3. The van der Waals surface area contributed by atoms with Crippen molar-refractivity contribution in [2.75, 3.05) is 12.8 Å². The molecule has 0 bridgehead atoms. The topological polar surface area (TPSA) is 94.0 Å². The third-order valence-electron chi connectivity index (χ3n) is 2.34.